The molecule has 1 aliphatic rings. The second-order valence-corrected chi connectivity index (χ2v) is 8.23. The van der Waals surface area contributed by atoms with Crippen LogP contribution in [0.1, 0.15) is 17.8 Å². The highest BCUT2D eigenvalue weighted by atomic mass is 79.9. The minimum Gasteiger partial charge on any atom is -0.390 e. The van der Waals surface area contributed by atoms with Crippen molar-refractivity contribution in [2.45, 2.75) is 13.0 Å². The fourth-order valence-electron chi connectivity index (χ4n) is 2.10. The highest BCUT2D eigenvalue weighted by molar-refractivity contribution is 9.09. The van der Waals surface area contributed by atoms with Crippen molar-refractivity contribution in [3.63, 3.8) is 0 Å². The van der Waals surface area contributed by atoms with Gasteiger partial charge in [0, 0.05) is 24.6 Å². The van der Waals surface area contributed by atoms with E-state index in [1.54, 1.807) is 0 Å². The summed E-state index contributed by atoms with van der Waals surface area (Å²) in [5.74, 6) is -0.282. The molecule has 0 saturated carbocycles. The molecule has 122 valence electrons. The van der Waals surface area contributed by atoms with Crippen molar-refractivity contribution in [3.8, 4) is 0 Å². The fourth-order valence-corrected chi connectivity index (χ4v) is 4.97. The molecule has 1 atom stereocenters. The van der Waals surface area contributed by atoms with Crippen molar-refractivity contribution in [1.82, 2.24) is 14.2 Å². The van der Waals surface area contributed by atoms with Crippen LogP contribution >= 0.6 is 23.4 Å². The lowest BCUT2D eigenvalue weighted by Crippen LogP contribution is -2.08. The van der Waals surface area contributed by atoms with Crippen molar-refractivity contribution in [2.75, 3.05) is 24.6 Å². The summed E-state index contributed by atoms with van der Waals surface area (Å²) in [5, 5.41) is 11.7. The quantitative estimate of drug-likeness (QED) is 0.211. The van der Waals surface area contributed by atoms with Gasteiger partial charge in [-0.25, -0.2) is 9.24 Å². The topological polar surface area (TPSA) is 90.3 Å². The lowest BCUT2D eigenvalue weighted by Gasteiger charge is -2.18. The largest absolute Gasteiger partial charge is 0.435 e. The SMILES string of the molecule is C=Cc1nc([N+](=O)[O-])n(C)c1COP(=O)(CCCBr)N1CC1. The van der Waals surface area contributed by atoms with Gasteiger partial charge in [0.2, 0.25) is 0 Å². The summed E-state index contributed by atoms with van der Waals surface area (Å²) in [7, 11) is -1.33. The molecule has 0 aromatic carbocycles. The zero-order valence-electron chi connectivity index (χ0n) is 12.3. The van der Waals surface area contributed by atoms with E-state index in [-0.39, 0.29) is 12.6 Å². The van der Waals surface area contributed by atoms with Crippen LogP contribution in [-0.4, -0.2) is 43.7 Å². The third kappa shape index (κ3) is 3.65. The van der Waals surface area contributed by atoms with Crippen LogP contribution < -0.4 is 0 Å². The Balaban J connectivity index is 2.17. The van der Waals surface area contributed by atoms with Crippen LogP contribution in [0, 0.1) is 10.1 Å². The van der Waals surface area contributed by atoms with Gasteiger partial charge >= 0.3 is 5.95 Å². The average molecular weight is 393 g/mol. The zero-order chi connectivity index (χ0) is 16.3. The molecule has 2 rings (SSSR count). The lowest BCUT2D eigenvalue weighted by atomic mass is 10.3. The van der Waals surface area contributed by atoms with E-state index in [0.29, 0.717) is 17.5 Å². The van der Waals surface area contributed by atoms with Crippen LogP contribution in [0.2, 0.25) is 0 Å². The molecule has 1 saturated heterocycles. The van der Waals surface area contributed by atoms with E-state index in [4.69, 9.17) is 4.52 Å². The maximum absolute atomic E-state index is 12.9. The number of hydrogen-bond acceptors (Lipinski definition) is 5. The van der Waals surface area contributed by atoms with Crippen LogP contribution in [0.15, 0.2) is 6.58 Å². The Bertz CT molecular complexity index is 629. The smallest absolute Gasteiger partial charge is 0.390 e. The summed E-state index contributed by atoms with van der Waals surface area (Å²) < 4.78 is 21.7. The molecular weight excluding hydrogens is 375 g/mol. The van der Waals surface area contributed by atoms with Gasteiger partial charge < -0.3 is 14.6 Å². The molecule has 0 spiro atoms. The molecule has 0 bridgehead atoms. The van der Waals surface area contributed by atoms with E-state index in [1.165, 1.54) is 17.7 Å². The highest BCUT2D eigenvalue weighted by Gasteiger charge is 2.39. The number of nitro groups is 1. The Labute approximate surface area is 136 Å². The Morgan fingerprint density at radius 3 is 2.77 bits per heavy atom. The third-order valence-corrected chi connectivity index (χ3v) is 6.65. The molecule has 2 heterocycles. The standard InChI is InChI=1S/C12H18BrN4O4P/c1-3-10-11(15(2)12(14-10)17(18)19)9-21-22(20,8-4-5-13)16-6-7-16/h3H,1,4-9H2,2H3. The average Bonchev–Trinajstić information content (AvgIpc) is 3.28. The van der Waals surface area contributed by atoms with Crippen molar-refractivity contribution in [1.29, 1.82) is 0 Å². The van der Waals surface area contributed by atoms with Gasteiger partial charge in [-0.15, -0.1) is 0 Å². The predicted molar refractivity (Wildman–Crippen MR) is 87.2 cm³/mol. The minimum absolute atomic E-state index is 0.00869. The molecule has 8 nitrogen and oxygen atoms in total. The number of hydrogen-bond donors (Lipinski definition) is 0. The van der Waals surface area contributed by atoms with Crippen molar-refractivity contribution in [3.05, 3.63) is 28.1 Å². The molecule has 1 fully saturated rings. The summed E-state index contributed by atoms with van der Waals surface area (Å²) in [6, 6.07) is 0. The van der Waals surface area contributed by atoms with E-state index in [1.807, 2.05) is 4.67 Å². The van der Waals surface area contributed by atoms with Crippen LogP contribution in [0.5, 0.6) is 0 Å². The Morgan fingerprint density at radius 1 is 1.59 bits per heavy atom. The molecular formula is C12H18BrN4O4P. The van der Waals surface area contributed by atoms with Gasteiger partial charge in [-0.1, -0.05) is 27.5 Å². The number of nitrogens with zero attached hydrogens (tertiary/aromatic N) is 4. The van der Waals surface area contributed by atoms with E-state index < -0.39 is 12.4 Å². The Morgan fingerprint density at radius 2 is 2.27 bits per heavy atom. The predicted octanol–water partition coefficient (Wildman–Crippen LogP) is 2.78. The van der Waals surface area contributed by atoms with Crippen molar-refractivity contribution >= 4 is 35.5 Å². The molecule has 0 aliphatic carbocycles. The van der Waals surface area contributed by atoms with Crippen molar-refractivity contribution in [2.24, 2.45) is 7.05 Å². The highest BCUT2D eigenvalue weighted by Crippen LogP contribution is 2.55. The minimum atomic E-state index is -2.87. The number of halogens is 1. The first kappa shape index (κ1) is 17.3. The van der Waals surface area contributed by atoms with Crippen LogP contribution in [0.25, 0.3) is 6.08 Å². The van der Waals surface area contributed by atoms with Gasteiger partial charge in [-0.3, -0.25) is 4.57 Å². The van der Waals surface area contributed by atoms with Crippen LogP contribution in [0.4, 0.5) is 5.95 Å². The van der Waals surface area contributed by atoms with Gasteiger partial charge in [0.15, 0.2) is 5.69 Å². The molecule has 22 heavy (non-hydrogen) atoms. The lowest BCUT2D eigenvalue weighted by molar-refractivity contribution is -0.396. The van der Waals surface area contributed by atoms with Gasteiger partial charge in [-0.2, -0.15) is 0 Å². The first-order chi connectivity index (χ1) is 10.4. The Hall–Kier alpha value is -1.02. The molecule has 1 unspecified atom stereocenters. The molecule has 1 aromatic rings. The second-order valence-electron chi connectivity index (χ2n) is 4.89. The van der Waals surface area contributed by atoms with E-state index >= 15 is 0 Å². The van der Waals surface area contributed by atoms with Gasteiger partial charge in [0.25, 0.3) is 7.52 Å². The summed E-state index contributed by atoms with van der Waals surface area (Å²) in [5.41, 5.74) is 0.884. The van der Waals surface area contributed by atoms with Crippen molar-refractivity contribution < 1.29 is 14.0 Å². The zero-order valence-corrected chi connectivity index (χ0v) is 14.8. The first-order valence-corrected chi connectivity index (χ1v) is 9.68. The number of alkyl halides is 1. The molecule has 1 aliphatic heterocycles. The third-order valence-electron chi connectivity index (χ3n) is 3.41. The molecule has 0 radical (unpaired) electrons. The van der Waals surface area contributed by atoms with Gasteiger partial charge in [0.05, 0.1) is 7.05 Å². The van der Waals surface area contributed by atoms with Gasteiger partial charge in [0.1, 0.15) is 12.3 Å². The number of rotatable bonds is 9. The first-order valence-electron chi connectivity index (χ1n) is 6.80. The van der Waals surface area contributed by atoms with E-state index in [2.05, 4.69) is 27.5 Å². The number of imidazole rings is 1. The Kier molecular flexibility index (Phi) is 5.55. The monoisotopic (exact) mass is 392 g/mol. The van der Waals surface area contributed by atoms with E-state index in [0.717, 1.165) is 24.8 Å². The summed E-state index contributed by atoms with van der Waals surface area (Å²) in [6.45, 7) is 5.14. The van der Waals surface area contributed by atoms with Crippen LogP contribution in [-0.2, 0) is 22.7 Å². The molecule has 0 N–H and O–H groups in total. The molecule has 10 heteroatoms. The fraction of sp³-hybridized carbons (Fsp3) is 0.583. The van der Waals surface area contributed by atoms with Gasteiger partial charge in [-0.05, 0) is 17.4 Å². The maximum Gasteiger partial charge on any atom is 0.435 e. The van der Waals surface area contributed by atoms with E-state index in [9.17, 15) is 14.7 Å². The number of aromatic nitrogens is 2. The summed E-state index contributed by atoms with van der Waals surface area (Å²) >= 11 is 3.32. The maximum atomic E-state index is 12.9. The second kappa shape index (κ2) is 7.04. The normalized spacial score (nSPS) is 17.2. The van der Waals surface area contributed by atoms with Crippen LogP contribution in [0.3, 0.4) is 0 Å². The summed E-state index contributed by atoms with van der Waals surface area (Å²) in [6.07, 6.45) is 2.64. The molecule has 0 amide bonds. The molecule has 1 aromatic heterocycles. The summed E-state index contributed by atoms with van der Waals surface area (Å²) in [4.78, 5) is 14.3.